The Morgan fingerprint density at radius 3 is 2.80 bits per heavy atom. The first-order valence-corrected chi connectivity index (χ1v) is 6.10. The van der Waals surface area contributed by atoms with E-state index in [4.69, 9.17) is 0 Å². The predicted molar refractivity (Wildman–Crippen MR) is 67.0 cm³/mol. The van der Waals surface area contributed by atoms with E-state index in [-0.39, 0.29) is 8.88 Å². The van der Waals surface area contributed by atoms with Crippen LogP contribution in [0.15, 0.2) is 0 Å². The van der Waals surface area contributed by atoms with Gasteiger partial charge in [-0.2, -0.15) is 0 Å². The maximum atomic E-state index is 11.2. The maximum absolute atomic E-state index is 11.2. The molecule has 0 saturated heterocycles. The third kappa shape index (κ3) is 4.54. The molecule has 3 heteroatoms. The summed E-state index contributed by atoms with van der Waals surface area (Å²) in [5.74, 6) is 1.58. The molecule has 0 spiro atoms. The van der Waals surface area contributed by atoms with Gasteiger partial charge in [-0.1, -0.05) is 26.7 Å². The Morgan fingerprint density at radius 2 is 2.20 bits per heavy atom. The lowest BCUT2D eigenvalue weighted by molar-refractivity contribution is 0.221. The molecule has 3 nitrogen and oxygen atoms in total. The SMILES string of the molecule is CNC(=O)NC1CCCC(CC(C)C)C1.[HH].[HH]. The van der Waals surface area contributed by atoms with Crippen LogP contribution in [0.25, 0.3) is 0 Å². The lowest BCUT2D eigenvalue weighted by Gasteiger charge is -2.30. The van der Waals surface area contributed by atoms with Gasteiger partial charge in [0.05, 0.1) is 0 Å². The highest BCUT2D eigenvalue weighted by atomic mass is 16.2. The minimum atomic E-state index is -0.0369. The lowest BCUT2D eigenvalue weighted by Crippen LogP contribution is -2.42. The van der Waals surface area contributed by atoms with Crippen molar-refractivity contribution >= 4 is 6.03 Å². The largest absolute Gasteiger partial charge is 0.341 e. The molecule has 0 aromatic carbocycles. The van der Waals surface area contributed by atoms with Crippen molar-refractivity contribution in [2.45, 2.75) is 52.0 Å². The number of carbonyl (C=O) groups is 1. The van der Waals surface area contributed by atoms with Crippen molar-refractivity contribution in [2.24, 2.45) is 11.8 Å². The molecule has 0 heterocycles. The van der Waals surface area contributed by atoms with E-state index in [0.29, 0.717) is 6.04 Å². The molecule has 2 atom stereocenters. The van der Waals surface area contributed by atoms with Crippen LogP contribution in [0, 0.1) is 11.8 Å². The third-order valence-corrected chi connectivity index (χ3v) is 3.15. The first-order chi connectivity index (χ1) is 7.11. The quantitative estimate of drug-likeness (QED) is 0.748. The van der Waals surface area contributed by atoms with Gasteiger partial charge in [0.25, 0.3) is 0 Å². The highest BCUT2D eigenvalue weighted by Gasteiger charge is 2.23. The molecule has 2 unspecified atom stereocenters. The molecular weight excluding hydrogens is 188 g/mol. The molecular formula is C12H28N2O. The van der Waals surface area contributed by atoms with Gasteiger partial charge in [0.2, 0.25) is 0 Å². The molecule has 1 aliphatic carbocycles. The second-order valence-electron chi connectivity index (χ2n) is 5.08. The summed E-state index contributed by atoms with van der Waals surface area (Å²) >= 11 is 0. The molecule has 92 valence electrons. The number of carbonyl (C=O) groups excluding carboxylic acids is 1. The van der Waals surface area contributed by atoms with E-state index in [0.717, 1.165) is 24.7 Å². The van der Waals surface area contributed by atoms with Crippen molar-refractivity contribution in [2.75, 3.05) is 7.05 Å². The Balaban J connectivity index is 0. The zero-order valence-electron chi connectivity index (χ0n) is 10.2. The van der Waals surface area contributed by atoms with Crippen LogP contribution in [-0.2, 0) is 0 Å². The minimum Gasteiger partial charge on any atom is -0.341 e. The van der Waals surface area contributed by atoms with Gasteiger partial charge in [0, 0.05) is 15.9 Å². The summed E-state index contributed by atoms with van der Waals surface area (Å²) in [5.41, 5.74) is 0. The molecule has 1 rings (SSSR count). The van der Waals surface area contributed by atoms with Gasteiger partial charge in [0.1, 0.15) is 0 Å². The van der Waals surface area contributed by atoms with Crippen molar-refractivity contribution < 1.29 is 7.65 Å². The molecule has 0 aromatic rings. The Morgan fingerprint density at radius 1 is 1.47 bits per heavy atom. The molecule has 1 aliphatic rings. The summed E-state index contributed by atoms with van der Waals surface area (Å²) in [7, 11) is 1.67. The molecule has 15 heavy (non-hydrogen) atoms. The summed E-state index contributed by atoms with van der Waals surface area (Å²) in [6.07, 6.45) is 6.19. The van der Waals surface area contributed by atoms with E-state index in [1.54, 1.807) is 7.05 Å². The first kappa shape index (κ1) is 12.3. The van der Waals surface area contributed by atoms with Crippen molar-refractivity contribution in [3.63, 3.8) is 0 Å². The van der Waals surface area contributed by atoms with E-state index in [9.17, 15) is 4.79 Å². The van der Waals surface area contributed by atoms with E-state index >= 15 is 0 Å². The minimum absolute atomic E-state index is 0. The number of rotatable bonds is 3. The van der Waals surface area contributed by atoms with Crippen LogP contribution < -0.4 is 10.6 Å². The maximum Gasteiger partial charge on any atom is 0.314 e. The van der Waals surface area contributed by atoms with Crippen LogP contribution >= 0.6 is 0 Å². The molecule has 2 N–H and O–H groups in total. The zero-order valence-corrected chi connectivity index (χ0v) is 10.2. The summed E-state index contributed by atoms with van der Waals surface area (Å²) in [5, 5.41) is 5.64. The zero-order chi connectivity index (χ0) is 11.3. The average Bonchev–Trinajstić information content (AvgIpc) is 2.17. The summed E-state index contributed by atoms with van der Waals surface area (Å²) in [6, 6.07) is 0.354. The fraction of sp³-hybridized carbons (Fsp3) is 0.917. The van der Waals surface area contributed by atoms with Crippen LogP contribution in [0.5, 0.6) is 0 Å². The van der Waals surface area contributed by atoms with Gasteiger partial charge in [-0.15, -0.1) is 0 Å². The summed E-state index contributed by atoms with van der Waals surface area (Å²) in [4.78, 5) is 11.2. The Kier molecular flexibility index (Phi) is 4.92. The number of hydrogen-bond acceptors (Lipinski definition) is 1. The van der Waals surface area contributed by atoms with Gasteiger partial charge >= 0.3 is 6.03 Å². The van der Waals surface area contributed by atoms with Gasteiger partial charge in [-0.05, 0) is 31.1 Å². The summed E-state index contributed by atoms with van der Waals surface area (Å²) in [6.45, 7) is 4.55. The van der Waals surface area contributed by atoms with Gasteiger partial charge in [-0.3, -0.25) is 0 Å². The Bertz CT molecular complexity index is 213. The van der Waals surface area contributed by atoms with E-state index in [2.05, 4.69) is 24.5 Å². The number of urea groups is 1. The highest BCUT2D eigenvalue weighted by Crippen LogP contribution is 2.29. The van der Waals surface area contributed by atoms with Crippen LogP contribution in [0.1, 0.15) is 48.8 Å². The number of hydrogen-bond donors (Lipinski definition) is 2. The van der Waals surface area contributed by atoms with Gasteiger partial charge in [0.15, 0.2) is 0 Å². The fourth-order valence-electron chi connectivity index (χ4n) is 2.56. The van der Waals surface area contributed by atoms with Crippen LogP contribution in [0.4, 0.5) is 4.79 Å². The first-order valence-electron chi connectivity index (χ1n) is 6.10. The second kappa shape index (κ2) is 5.99. The van der Waals surface area contributed by atoms with Crippen LogP contribution in [0.2, 0.25) is 0 Å². The van der Waals surface area contributed by atoms with Crippen molar-refractivity contribution in [1.29, 1.82) is 0 Å². The third-order valence-electron chi connectivity index (χ3n) is 3.15. The van der Waals surface area contributed by atoms with Crippen LogP contribution in [0.3, 0.4) is 0 Å². The molecule has 0 radical (unpaired) electrons. The Labute approximate surface area is 96.0 Å². The molecule has 1 fully saturated rings. The van der Waals surface area contributed by atoms with E-state index in [1.807, 2.05) is 0 Å². The van der Waals surface area contributed by atoms with Crippen molar-refractivity contribution in [3.8, 4) is 0 Å². The standard InChI is InChI=1S/C12H24N2O.2H2/c1-9(2)7-10-5-4-6-11(8-10)14-12(15)13-3;;/h9-11H,4-8H2,1-3H3,(H2,13,14,15);2*1H. The smallest absolute Gasteiger partial charge is 0.314 e. The van der Waals surface area contributed by atoms with Crippen LogP contribution in [-0.4, -0.2) is 19.1 Å². The molecule has 0 aromatic heterocycles. The molecule has 2 amide bonds. The topological polar surface area (TPSA) is 41.1 Å². The number of amides is 2. The van der Waals surface area contributed by atoms with E-state index < -0.39 is 0 Å². The normalized spacial score (nSPS) is 26.4. The highest BCUT2D eigenvalue weighted by molar-refractivity contribution is 5.73. The Hall–Kier alpha value is -0.730. The monoisotopic (exact) mass is 216 g/mol. The molecule has 1 saturated carbocycles. The van der Waals surface area contributed by atoms with Gasteiger partial charge < -0.3 is 10.6 Å². The summed E-state index contributed by atoms with van der Waals surface area (Å²) < 4.78 is 0. The van der Waals surface area contributed by atoms with Gasteiger partial charge in [-0.25, -0.2) is 4.79 Å². The molecule has 0 bridgehead atoms. The van der Waals surface area contributed by atoms with Crippen molar-refractivity contribution in [3.05, 3.63) is 0 Å². The molecule has 0 aliphatic heterocycles. The average molecular weight is 216 g/mol. The number of nitrogens with one attached hydrogen (secondary N) is 2. The fourth-order valence-corrected chi connectivity index (χ4v) is 2.56. The predicted octanol–water partition coefficient (Wildman–Crippen LogP) is 3.01. The lowest BCUT2D eigenvalue weighted by atomic mass is 9.81. The van der Waals surface area contributed by atoms with E-state index in [1.165, 1.54) is 19.3 Å². The second-order valence-corrected chi connectivity index (χ2v) is 5.08. The van der Waals surface area contributed by atoms with Crippen molar-refractivity contribution in [1.82, 2.24) is 10.6 Å².